The number of amides is 1. The molecule has 1 amide bonds. The number of methoxy groups -OCH3 is 2. The highest BCUT2D eigenvalue weighted by atomic mass is 35.5. The van der Waals surface area contributed by atoms with Crippen molar-refractivity contribution in [3.8, 4) is 23.1 Å². The van der Waals surface area contributed by atoms with Crippen LogP contribution in [0.15, 0.2) is 57.2 Å². The van der Waals surface area contributed by atoms with E-state index in [9.17, 15) is 19.5 Å². The van der Waals surface area contributed by atoms with E-state index in [1.807, 2.05) is 0 Å². The highest BCUT2D eigenvalue weighted by Gasteiger charge is 2.35. The first-order valence-corrected chi connectivity index (χ1v) is 11.1. The number of benzene rings is 2. The van der Waals surface area contributed by atoms with Crippen LogP contribution < -0.4 is 20.7 Å². The number of ether oxygens (including phenoxy) is 2. The Balaban J connectivity index is 1.84. The number of hydrogen-bond donors (Lipinski definition) is 2. The van der Waals surface area contributed by atoms with E-state index >= 15 is 0 Å². The number of hydrogen-bond acceptors (Lipinski definition) is 7. The molecule has 1 aliphatic rings. The topological polar surface area (TPSA) is 126 Å². The molecule has 11 heteroatoms. The zero-order chi connectivity index (χ0) is 25.3. The van der Waals surface area contributed by atoms with Crippen LogP contribution in [0.1, 0.15) is 36.9 Å². The Morgan fingerprint density at radius 3 is 2.57 bits per heavy atom. The van der Waals surface area contributed by atoms with Gasteiger partial charge in [0.25, 0.3) is 5.56 Å². The van der Waals surface area contributed by atoms with Gasteiger partial charge in [-0.1, -0.05) is 30.7 Å². The predicted molar refractivity (Wildman–Crippen MR) is 130 cm³/mol. The van der Waals surface area contributed by atoms with E-state index in [-0.39, 0.29) is 35.7 Å². The van der Waals surface area contributed by atoms with E-state index in [1.165, 1.54) is 25.3 Å². The van der Waals surface area contributed by atoms with E-state index in [0.29, 0.717) is 22.1 Å². The Kier molecular flexibility index (Phi) is 6.65. The van der Waals surface area contributed by atoms with Crippen molar-refractivity contribution in [1.82, 2.24) is 14.6 Å². The maximum Gasteiger partial charge on any atom is 0.335 e. The zero-order valence-electron chi connectivity index (χ0n) is 19.2. The lowest BCUT2D eigenvalue weighted by Gasteiger charge is -2.22. The van der Waals surface area contributed by atoms with Gasteiger partial charge < -0.3 is 14.6 Å². The molecule has 2 N–H and O–H groups in total. The molecule has 0 unspecified atom stereocenters. The van der Waals surface area contributed by atoms with Gasteiger partial charge in [0.2, 0.25) is 11.8 Å². The lowest BCUT2D eigenvalue weighted by Crippen LogP contribution is -2.33. The van der Waals surface area contributed by atoms with Crippen molar-refractivity contribution in [2.75, 3.05) is 14.2 Å². The summed E-state index contributed by atoms with van der Waals surface area (Å²) in [5.41, 5.74) is -0.754. The predicted octanol–water partition coefficient (Wildman–Crippen LogP) is 2.99. The van der Waals surface area contributed by atoms with E-state index < -0.39 is 23.2 Å². The van der Waals surface area contributed by atoms with Crippen molar-refractivity contribution in [3.05, 3.63) is 79.5 Å². The quantitative estimate of drug-likeness (QED) is 0.538. The summed E-state index contributed by atoms with van der Waals surface area (Å²) in [5.74, 6) is 0.111. The van der Waals surface area contributed by atoms with Crippen LogP contribution in [0.25, 0.3) is 5.69 Å². The monoisotopic (exact) mass is 498 g/mol. The molecular formula is C24H23ClN4O6. The molecule has 0 saturated heterocycles. The summed E-state index contributed by atoms with van der Waals surface area (Å²) < 4.78 is 11.6. The van der Waals surface area contributed by atoms with E-state index in [2.05, 4.69) is 10.1 Å². The zero-order valence-corrected chi connectivity index (χ0v) is 20.0. The summed E-state index contributed by atoms with van der Waals surface area (Å²) in [4.78, 5) is 40.3. The first-order valence-electron chi connectivity index (χ1n) is 10.7. The number of aromatic nitrogens is 2. The highest BCUT2D eigenvalue weighted by Crippen LogP contribution is 2.38. The average molecular weight is 499 g/mol. The summed E-state index contributed by atoms with van der Waals surface area (Å²) >= 11 is 6.04. The van der Waals surface area contributed by atoms with Gasteiger partial charge in [-0.05, 0) is 35.9 Å². The second kappa shape index (κ2) is 9.67. The molecule has 2 aromatic carbocycles. The van der Waals surface area contributed by atoms with Gasteiger partial charge in [-0.3, -0.25) is 14.6 Å². The van der Waals surface area contributed by atoms with Crippen molar-refractivity contribution >= 4 is 23.2 Å². The van der Waals surface area contributed by atoms with E-state index in [0.717, 1.165) is 4.57 Å². The molecule has 35 heavy (non-hydrogen) atoms. The number of hydrazone groups is 1. The maximum absolute atomic E-state index is 12.8. The van der Waals surface area contributed by atoms with Gasteiger partial charge in [-0.25, -0.2) is 14.4 Å². The smallest absolute Gasteiger partial charge is 0.335 e. The van der Waals surface area contributed by atoms with Crippen LogP contribution in [-0.4, -0.2) is 45.5 Å². The molecule has 0 bridgehead atoms. The van der Waals surface area contributed by atoms with Gasteiger partial charge in [0.1, 0.15) is 5.56 Å². The van der Waals surface area contributed by atoms with Crippen LogP contribution in [0.2, 0.25) is 5.02 Å². The summed E-state index contributed by atoms with van der Waals surface area (Å²) in [5, 5.41) is 17.0. The van der Waals surface area contributed by atoms with Crippen LogP contribution in [0.5, 0.6) is 17.4 Å². The maximum atomic E-state index is 12.8. The van der Waals surface area contributed by atoms with Crippen molar-refractivity contribution < 1.29 is 19.4 Å². The van der Waals surface area contributed by atoms with Crippen LogP contribution in [0, 0.1) is 0 Å². The van der Waals surface area contributed by atoms with Gasteiger partial charge >= 0.3 is 5.69 Å². The average Bonchev–Trinajstić information content (AvgIpc) is 3.27. The van der Waals surface area contributed by atoms with Gasteiger partial charge in [-0.2, -0.15) is 5.10 Å². The van der Waals surface area contributed by atoms with Crippen molar-refractivity contribution in [3.63, 3.8) is 0 Å². The lowest BCUT2D eigenvalue weighted by molar-refractivity contribution is -0.132. The Bertz CT molecular complexity index is 1440. The fourth-order valence-electron chi connectivity index (χ4n) is 4.01. The number of nitrogens with zero attached hydrogens (tertiary/aromatic N) is 3. The number of nitrogens with one attached hydrogen (secondary N) is 1. The third kappa shape index (κ3) is 4.40. The highest BCUT2D eigenvalue weighted by molar-refractivity contribution is 6.30. The standard InChI is InChI=1S/C24H23ClN4O6/c1-4-20(30)29-17(13-8-9-18(34-2)19(10-13)35-3)12-16(27-29)21-22(31)26-24(33)28(23(21)32)15-7-5-6-14(25)11-15/h5-11,17,32H,4,12H2,1-3H3,(H,26,31,33)/t17-/m0/s1. The van der Waals surface area contributed by atoms with Crippen molar-refractivity contribution in [2.24, 2.45) is 5.10 Å². The van der Waals surface area contributed by atoms with Crippen LogP contribution >= 0.6 is 11.6 Å². The molecule has 0 aliphatic carbocycles. The molecule has 1 atom stereocenters. The lowest BCUT2D eigenvalue weighted by atomic mass is 9.98. The number of aromatic amines is 1. The van der Waals surface area contributed by atoms with Gasteiger partial charge in [0.15, 0.2) is 11.5 Å². The van der Waals surface area contributed by atoms with Crippen molar-refractivity contribution in [1.29, 1.82) is 0 Å². The molecule has 1 aromatic heterocycles. The molecule has 10 nitrogen and oxygen atoms in total. The molecule has 0 fully saturated rings. The number of halogens is 1. The molecule has 0 saturated carbocycles. The van der Waals surface area contributed by atoms with Crippen LogP contribution in [-0.2, 0) is 4.79 Å². The number of H-pyrrole nitrogens is 1. The van der Waals surface area contributed by atoms with Gasteiger partial charge in [0.05, 0.1) is 31.7 Å². The van der Waals surface area contributed by atoms with Crippen LogP contribution in [0.4, 0.5) is 0 Å². The summed E-state index contributed by atoms with van der Waals surface area (Å²) in [7, 11) is 3.02. The third-order valence-electron chi connectivity index (χ3n) is 5.70. The summed E-state index contributed by atoms with van der Waals surface area (Å²) in [6, 6.07) is 10.9. The minimum atomic E-state index is -0.838. The second-order valence-corrected chi connectivity index (χ2v) is 8.18. The van der Waals surface area contributed by atoms with E-state index in [4.69, 9.17) is 21.1 Å². The normalized spacial score (nSPS) is 15.1. The number of carbonyl (C=O) groups is 1. The van der Waals surface area contributed by atoms with Gasteiger partial charge in [0, 0.05) is 17.9 Å². The SMILES string of the molecule is CCC(=O)N1N=C(c2c(O)n(-c3cccc(Cl)c3)c(=O)[nH]c2=O)C[C@H]1c1ccc(OC)c(OC)c1. The van der Waals surface area contributed by atoms with Crippen molar-refractivity contribution in [2.45, 2.75) is 25.8 Å². The first-order chi connectivity index (χ1) is 16.8. The Morgan fingerprint density at radius 1 is 1.17 bits per heavy atom. The molecule has 0 spiro atoms. The minimum Gasteiger partial charge on any atom is -0.493 e. The molecule has 182 valence electrons. The Labute approximate surface area is 205 Å². The largest absolute Gasteiger partial charge is 0.493 e. The summed E-state index contributed by atoms with van der Waals surface area (Å²) in [6.07, 6.45) is 0.288. The molecule has 1 aliphatic heterocycles. The van der Waals surface area contributed by atoms with Gasteiger partial charge in [-0.15, -0.1) is 0 Å². The summed E-state index contributed by atoms with van der Waals surface area (Å²) in [6.45, 7) is 1.70. The molecule has 0 radical (unpaired) electrons. The fraction of sp³-hybridized carbons (Fsp3) is 0.250. The Hall–Kier alpha value is -4.05. The first kappa shape index (κ1) is 24.1. The molecular weight excluding hydrogens is 476 g/mol. The minimum absolute atomic E-state index is 0.117. The molecule has 4 rings (SSSR count). The van der Waals surface area contributed by atoms with Crippen LogP contribution in [0.3, 0.4) is 0 Å². The number of carbonyl (C=O) groups excluding carboxylic acids is 1. The third-order valence-corrected chi connectivity index (χ3v) is 5.94. The molecule has 3 aromatic rings. The Morgan fingerprint density at radius 2 is 1.91 bits per heavy atom. The van der Waals surface area contributed by atoms with E-state index in [1.54, 1.807) is 43.3 Å². The number of rotatable bonds is 6. The second-order valence-electron chi connectivity index (χ2n) is 7.75. The fourth-order valence-corrected chi connectivity index (χ4v) is 4.20. The molecule has 2 heterocycles. The number of aromatic hydroxyl groups is 1.